The first kappa shape index (κ1) is 22.6. The van der Waals surface area contributed by atoms with Gasteiger partial charge >= 0.3 is 13.2 Å². The standard InChI is InChI=1S/C20H30BClN2O4/c1-18(2,3)26-17(25)24-12-13(11-14-15(22)9-8-10-16(14)23)21-27-19(4,5)20(6,7)28-21/h8-11H,12,23H2,1-7H3,(H,24,25). The topological polar surface area (TPSA) is 82.8 Å². The number of ether oxygens (including phenoxy) is 1. The van der Waals surface area contributed by atoms with Crippen molar-refractivity contribution in [2.75, 3.05) is 12.3 Å². The van der Waals surface area contributed by atoms with Gasteiger partial charge < -0.3 is 25.1 Å². The fraction of sp³-hybridized carbons (Fsp3) is 0.550. The molecule has 1 amide bonds. The number of benzene rings is 1. The number of hydrogen-bond donors (Lipinski definition) is 2. The zero-order valence-electron chi connectivity index (χ0n) is 17.7. The van der Waals surface area contributed by atoms with Crippen LogP contribution < -0.4 is 11.1 Å². The van der Waals surface area contributed by atoms with Crippen molar-refractivity contribution >= 4 is 36.6 Å². The SMILES string of the molecule is CC(C)(C)OC(=O)NCC(=Cc1c(N)cccc1Cl)B1OC(C)(C)C(C)(C)O1. The molecule has 1 saturated heterocycles. The third kappa shape index (κ3) is 5.43. The van der Waals surface area contributed by atoms with E-state index in [0.717, 1.165) is 0 Å². The minimum absolute atomic E-state index is 0.163. The minimum Gasteiger partial charge on any atom is -0.444 e. The van der Waals surface area contributed by atoms with Gasteiger partial charge in [-0.1, -0.05) is 23.7 Å². The maximum atomic E-state index is 12.1. The molecule has 154 valence electrons. The number of carbonyl (C=O) groups is 1. The van der Waals surface area contributed by atoms with Crippen LogP contribution in [-0.4, -0.2) is 36.6 Å². The van der Waals surface area contributed by atoms with Crippen LogP contribution in [0.4, 0.5) is 10.5 Å². The Kier molecular flexibility index (Phi) is 6.43. The Hall–Kier alpha value is -1.70. The van der Waals surface area contributed by atoms with Crippen molar-refractivity contribution in [3.63, 3.8) is 0 Å². The normalized spacial score (nSPS) is 18.9. The monoisotopic (exact) mass is 408 g/mol. The summed E-state index contributed by atoms with van der Waals surface area (Å²) in [6, 6.07) is 5.30. The van der Waals surface area contributed by atoms with Gasteiger partial charge in [0.05, 0.1) is 11.2 Å². The fourth-order valence-electron chi connectivity index (χ4n) is 2.58. The highest BCUT2D eigenvalue weighted by atomic mass is 35.5. The lowest BCUT2D eigenvalue weighted by Gasteiger charge is -2.32. The first-order valence-corrected chi connectivity index (χ1v) is 9.66. The first-order valence-electron chi connectivity index (χ1n) is 9.29. The number of rotatable bonds is 4. The van der Waals surface area contributed by atoms with Gasteiger partial charge in [-0.3, -0.25) is 0 Å². The van der Waals surface area contributed by atoms with Crippen molar-refractivity contribution in [3.8, 4) is 0 Å². The number of halogens is 1. The second kappa shape index (κ2) is 7.97. The lowest BCUT2D eigenvalue weighted by atomic mass is 9.77. The van der Waals surface area contributed by atoms with Gasteiger partial charge in [-0.25, -0.2) is 4.79 Å². The van der Waals surface area contributed by atoms with Crippen LogP contribution >= 0.6 is 11.6 Å². The second-order valence-corrected chi connectivity index (χ2v) is 9.31. The van der Waals surface area contributed by atoms with Gasteiger partial charge in [0.25, 0.3) is 0 Å². The van der Waals surface area contributed by atoms with Gasteiger partial charge in [0, 0.05) is 22.8 Å². The highest BCUT2D eigenvalue weighted by molar-refractivity contribution is 6.56. The van der Waals surface area contributed by atoms with Gasteiger partial charge in [-0.15, -0.1) is 0 Å². The largest absolute Gasteiger partial charge is 0.492 e. The van der Waals surface area contributed by atoms with Crippen LogP contribution in [0.1, 0.15) is 54.0 Å². The van der Waals surface area contributed by atoms with Crippen molar-refractivity contribution in [2.24, 2.45) is 0 Å². The van der Waals surface area contributed by atoms with E-state index in [1.807, 2.05) is 48.5 Å². The van der Waals surface area contributed by atoms with Crippen molar-refractivity contribution in [1.29, 1.82) is 0 Å². The number of nitrogens with one attached hydrogen (secondary N) is 1. The van der Waals surface area contributed by atoms with Crippen molar-refractivity contribution in [1.82, 2.24) is 5.32 Å². The second-order valence-electron chi connectivity index (χ2n) is 8.91. The summed E-state index contributed by atoms with van der Waals surface area (Å²) in [5, 5.41) is 3.26. The molecule has 0 spiro atoms. The number of alkyl carbamates (subject to hydrolysis) is 1. The summed E-state index contributed by atoms with van der Waals surface area (Å²) < 4.78 is 17.6. The summed E-state index contributed by atoms with van der Waals surface area (Å²) in [6.07, 6.45) is 1.28. The van der Waals surface area contributed by atoms with Gasteiger partial charge in [0.15, 0.2) is 0 Å². The quantitative estimate of drug-likeness (QED) is 0.567. The molecule has 0 atom stereocenters. The van der Waals surface area contributed by atoms with Crippen LogP contribution in [0.2, 0.25) is 5.02 Å². The predicted molar refractivity (Wildman–Crippen MR) is 114 cm³/mol. The van der Waals surface area contributed by atoms with Gasteiger partial charge in [0.2, 0.25) is 0 Å². The van der Waals surface area contributed by atoms with E-state index in [0.29, 0.717) is 21.7 Å². The number of nitrogen functional groups attached to an aromatic ring is 1. The molecule has 0 bridgehead atoms. The van der Waals surface area contributed by atoms with Gasteiger partial charge in [-0.05, 0) is 66.1 Å². The molecule has 6 nitrogen and oxygen atoms in total. The summed E-state index contributed by atoms with van der Waals surface area (Å²) in [4.78, 5) is 12.1. The molecule has 0 radical (unpaired) electrons. The maximum absolute atomic E-state index is 12.1. The number of anilines is 1. The molecular weight excluding hydrogens is 378 g/mol. The molecule has 0 aliphatic carbocycles. The molecule has 1 aliphatic heterocycles. The third-order valence-electron chi connectivity index (χ3n) is 4.81. The third-order valence-corrected chi connectivity index (χ3v) is 5.14. The molecule has 1 aliphatic rings. The lowest BCUT2D eigenvalue weighted by Crippen LogP contribution is -2.41. The highest BCUT2D eigenvalue weighted by Crippen LogP contribution is 2.39. The summed E-state index contributed by atoms with van der Waals surface area (Å²) >= 11 is 6.32. The van der Waals surface area contributed by atoms with Crippen LogP contribution in [0, 0.1) is 0 Å². The van der Waals surface area contributed by atoms with Crippen molar-refractivity contribution in [2.45, 2.75) is 65.3 Å². The van der Waals surface area contributed by atoms with E-state index >= 15 is 0 Å². The van der Waals surface area contributed by atoms with Crippen molar-refractivity contribution in [3.05, 3.63) is 34.3 Å². The lowest BCUT2D eigenvalue weighted by molar-refractivity contribution is 0.00578. The molecule has 1 heterocycles. The molecule has 28 heavy (non-hydrogen) atoms. The van der Waals surface area contributed by atoms with E-state index in [2.05, 4.69) is 5.32 Å². The van der Waals surface area contributed by atoms with Gasteiger partial charge in [-0.2, -0.15) is 0 Å². The molecule has 2 rings (SSSR count). The smallest absolute Gasteiger partial charge is 0.444 e. The first-order chi connectivity index (χ1) is 12.7. The van der Waals surface area contributed by atoms with Crippen LogP contribution in [-0.2, 0) is 14.0 Å². The van der Waals surface area contributed by atoms with Crippen LogP contribution in [0.3, 0.4) is 0 Å². The fourth-order valence-corrected chi connectivity index (χ4v) is 2.81. The highest BCUT2D eigenvalue weighted by Gasteiger charge is 2.52. The summed E-state index contributed by atoms with van der Waals surface area (Å²) in [5.41, 5.74) is 6.33. The molecular formula is C20H30BClN2O4. The summed E-state index contributed by atoms with van der Waals surface area (Å²) in [7, 11) is -0.657. The molecule has 0 unspecified atom stereocenters. The average Bonchev–Trinajstić information content (AvgIpc) is 2.72. The zero-order valence-corrected chi connectivity index (χ0v) is 18.4. The van der Waals surface area contributed by atoms with E-state index in [1.165, 1.54) is 0 Å². The maximum Gasteiger partial charge on any atom is 0.492 e. The Morgan fingerprint density at radius 2 is 1.82 bits per heavy atom. The number of amides is 1. The number of carbonyl (C=O) groups excluding carboxylic acids is 1. The number of nitrogens with two attached hydrogens (primary N) is 1. The zero-order chi connectivity index (χ0) is 21.3. The average molecular weight is 409 g/mol. The van der Waals surface area contributed by atoms with E-state index in [-0.39, 0.29) is 6.54 Å². The number of hydrogen-bond acceptors (Lipinski definition) is 5. The van der Waals surface area contributed by atoms with Crippen LogP contribution in [0.5, 0.6) is 0 Å². The molecule has 8 heteroatoms. The van der Waals surface area contributed by atoms with Crippen LogP contribution in [0.15, 0.2) is 23.7 Å². The minimum atomic E-state index is -0.657. The Morgan fingerprint density at radius 1 is 1.25 bits per heavy atom. The van der Waals surface area contributed by atoms with E-state index in [1.54, 1.807) is 24.3 Å². The van der Waals surface area contributed by atoms with Crippen molar-refractivity contribution < 1.29 is 18.8 Å². The molecule has 1 fully saturated rings. The predicted octanol–water partition coefficient (Wildman–Crippen LogP) is 4.46. The molecule has 1 aromatic carbocycles. The van der Waals surface area contributed by atoms with E-state index in [4.69, 9.17) is 31.4 Å². The summed E-state index contributed by atoms with van der Waals surface area (Å²) in [5.74, 6) is 0. The molecule has 0 saturated carbocycles. The Morgan fingerprint density at radius 3 is 2.32 bits per heavy atom. The molecule has 1 aromatic rings. The summed E-state index contributed by atoms with van der Waals surface area (Å²) in [6.45, 7) is 13.5. The van der Waals surface area contributed by atoms with Gasteiger partial charge in [0.1, 0.15) is 5.60 Å². The molecule has 3 N–H and O–H groups in total. The van der Waals surface area contributed by atoms with E-state index < -0.39 is 30.0 Å². The van der Waals surface area contributed by atoms with Crippen LogP contribution in [0.25, 0.3) is 6.08 Å². The Balaban J connectivity index is 2.32. The Labute approximate surface area is 172 Å². The molecule has 0 aromatic heterocycles. The van der Waals surface area contributed by atoms with E-state index in [9.17, 15) is 4.79 Å². The Bertz CT molecular complexity index is 736.